The topological polar surface area (TPSA) is 88.3 Å². The van der Waals surface area contributed by atoms with Gasteiger partial charge in [-0.05, 0) is 32.1 Å². The Morgan fingerprint density at radius 2 is 2.26 bits per heavy atom. The highest BCUT2D eigenvalue weighted by molar-refractivity contribution is 7.99. The predicted molar refractivity (Wildman–Crippen MR) is 85.7 cm³/mol. The van der Waals surface area contributed by atoms with E-state index in [-0.39, 0.29) is 17.9 Å². The van der Waals surface area contributed by atoms with E-state index in [1.165, 1.54) is 12.8 Å². The van der Waals surface area contributed by atoms with Crippen LogP contribution in [0.25, 0.3) is 0 Å². The Morgan fingerprint density at radius 1 is 1.43 bits per heavy atom. The smallest absolute Gasteiger partial charge is 0.243 e. The Hall–Kier alpha value is -1.57. The number of hydrogen-bond acceptors (Lipinski definition) is 6. The zero-order chi connectivity index (χ0) is 16.2. The molecule has 8 heteroatoms. The largest absolute Gasteiger partial charge is 0.354 e. The fraction of sp³-hybridized carbons (Fsp3) is 0.733. The average molecular weight is 338 g/mol. The van der Waals surface area contributed by atoms with Crippen LogP contribution in [0.2, 0.25) is 0 Å². The van der Waals surface area contributed by atoms with E-state index in [1.807, 2.05) is 0 Å². The minimum atomic E-state index is -0.322. The quantitative estimate of drug-likeness (QED) is 0.802. The van der Waals surface area contributed by atoms with Crippen molar-refractivity contribution >= 4 is 23.6 Å². The van der Waals surface area contributed by atoms with E-state index in [4.69, 9.17) is 4.52 Å². The number of aryl methyl sites for hydroxylation is 2. The number of carbonyl (C=O) groups is 2. The third kappa shape index (κ3) is 4.46. The lowest BCUT2D eigenvalue weighted by Gasteiger charge is -2.23. The lowest BCUT2D eigenvalue weighted by atomic mass is 10.2. The van der Waals surface area contributed by atoms with Gasteiger partial charge in [0.25, 0.3) is 0 Å². The van der Waals surface area contributed by atoms with Crippen LogP contribution in [0.4, 0.5) is 0 Å². The first-order chi connectivity index (χ1) is 11.1. The van der Waals surface area contributed by atoms with Crippen molar-refractivity contribution in [2.75, 3.05) is 18.2 Å². The summed E-state index contributed by atoms with van der Waals surface area (Å²) in [6.45, 7) is 2.52. The molecule has 7 nitrogen and oxygen atoms in total. The van der Waals surface area contributed by atoms with Gasteiger partial charge in [0.15, 0.2) is 5.82 Å². The van der Waals surface area contributed by atoms with Gasteiger partial charge in [0.1, 0.15) is 6.04 Å². The molecule has 1 saturated heterocycles. The predicted octanol–water partition coefficient (Wildman–Crippen LogP) is 1.13. The van der Waals surface area contributed by atoms with Crippen LogP contribution in [0, 0.1) is 12.8 Å². The molecule has 1 aromatic rings. The maximum absolute atomic E-state index is 12.4. The lowest BCUT2D eigenvalue weighted by Crippen LogP contribution is -2.47. The first-order valence-electron chi connectivity index (χ1n) is 8.07. The summed E-state index contributed by atoms with van der Waals surface area (Å²) in [5, 5.41) is 6.71. The zero-order valence-corrected chi connectivity index (χ0v) is 14.1. The van der Waals surface area contributed by atoms with Crippen LogP contribution in [0.3, 0.4) is 0 Å². The molecule has 3 rings (SSSR count). The number of thioether (sulfide) groups is 1. The number of aromatic nitrogens is 2. The monoisotopic (exact) mass is 338 g/mol. The molecule has 2 fully saturated rings. The van der Waals surface area contributed by atoms with Crippen molar-refractivity contribution in [3.05, 3.63) is 11.7 Å². The number of carbonyl (C=O) groups excluding carboxylic acids is 2. The molecule has 0 spiro atoms. The molecule has 1 saturated carbocycles. The molecule has 0 bridgehead atoms. The molecule has 1 aliphatic heterocycles. The Kier molecular flexibility index (Phi) is 5.20. The van der Waals surface area contributed by atoms with E-state index < -0.39 is 0 Å². The molecule has 0 radical (unpaired) electrons. The molecule has 2 heterocycles. The van der Waals surface area contributed by atoms with Crippen LogP contribution < -0.4 is 5.32 Å². The standard InChI is InChI=1S/C15H22N4O3S/c1-10-17-13(22-18-10)3-2-4-14(20)19-9-23-8-12(19)15(21)16-7-11-5-6-11/h11-12H,2-9H2,1H3,(H,16,21)/t12-/m1/s1. The summed E-state index contributed by atoms with van der Waals surface area (Å²) >= 11 is 1.63. The Balaban J connectivity index is 1.44. The molecule has 1 atom stereocenters. The average Bonchev–Trinajstić information content (AvgIpc) is 3.05. The van der Waals surface area contributed by atoms with Gasteiger partial charge in [-0.15, -0.1) is 11.8 Å². The van der Waals surface area contributed by atoms with Crippen LogP contribution in [0.15, 0.2) is 4.52 Å². The summed E-state index contributed by atoms with van der Waals surface area (Å²) in [5.41, 5.74) is 0. The molecule has 1 aliphatic carbocycles. The molecular formula is C15H22N4O3S. The van der Waals surface area contributed by atoms with Gasteiger partial charge < -0.3 is 14.7 Å². The van der Waals surface area contributed by atoms with Crippen LogP contribution in [-0.4, -0.2) is 51.1 Å². The van der Waals surface area contributed by atoms with Crippen molar-refractivity contribution in [3.8, 4) is 0 Å². The minimum absolute atomic E-state index is 0.0113. The second kappa shape index (κ2) is 7.33. The second-order valence-corrected chi connectivity index (χ2v) is 7.16. The number of rotatable bonds is 7. The molecular weight excluding hydrogens is 316 g/mol. The summed E-state index contributed by atoms with van der Waals surface area (Å²) in [4.78, 5) is 30.4. The molecule has 1 N–H and O–H groups in total. The van der Waals surface area contributed by atoms with Gasteiger partial charge in [0.2, 0.25) is 17.7 Å². The molecule has 1 aromatic heterocycles. The fourth-order valence-electron chi connectivity index (χ4n) is 2.57. The number of nitrogens with zero attached hydrogens (tertiary/aromatic N) is 3. The van der Waals surface area contributed by atoms with Crippen LogP contribution in [-0.2, 0) is 16.0 Å². The molecule has 23 heavy (non-hydrogen) atoms. The molecule has 2 aliphatic rings. The minimum Gasteiger partial charge on any atom is -0.354 e. The highest BCUT2D eigenvalue weighted by atomic mass is 32.2. The highest BCUT2D eigenvalue weighted by Gasteiger charge is 2.34. The maximum atomic E-state index is 12.4. The Morgan fingerprint density at radius 3 is 2.96 bits per heavy atom. The Labute approximate surface area is 139 Å². The molecule has 126 valence electrons. The Bertz CT molecular complexity index is 573. The van der Waals surface area contributed by atoms with Crippen LogP contribution in [0.1, 0.15) is 37.4 Å². The molecule has 0 aromatic carbocycles. The van der Waals surface area contributed by atoms with Gasteiger partial charge in [-0.2, -0.15) is 4.98 Å². The van der Waals surface area contributed by atoms with E-state index >= 15 is 0 Å². The van der Waals surface area contributed by atoms with E-state index in [1.54, 1.807) is 23.6 Å². The van der Waals surface area contributed by atoms with Crippen molar-refractivity contribution in [1.82, 2.24) is 20.4 Å². The summed E-state index contributed by atoms with van der Waals surface area (Å²) in [7, 11) is 0. The van der Waals surface area contributed by atoms with Gasteiger partial charge in [0, 0.05) is 25.1 Å². The second-order valence-electron chi connectivity index (χ2n) is 6.16. The fourth-order valence-corrected chi connectivity index (χ4v) is 3.75. The first kappa shape index (κ1) is 16.3. The van der Waals surface area contributed by atoms with Gasteiger partial charge in [-0.25, -0.2) is 0 Å². The number of amides is 2. The van der Waals surface area contributed by atoms with Crippen molar-refractivity contribution in [3.63, 3.8) is 0 Å². The van der Waals surface area contributed by atoms with Crippen LogP contribution in [0.5, 0.6) is 0 Å². The van der Waals surface area contributed by atoms with Crippen molar-refractivity contribution in [2.45, 2.75) is 45.1 Å². The number of hydrogen-bond donors (Lipinski definition) is 1. The van der Waals surface area contributed by atoms with Gasteiger partial charge in [-0.1, -0.05) is 5.16 Å². The zero-order valence-electron chi connectivity index (χ0n) is 13.3. The van der Waals surface area contributed by atoms with Crippen molar-refractivity contribution < 1.29 is 14.1 Å². The summed E-state index contributed by atoms with van der Waals surface area (Å²) in [6.07, 6.45) is 4.05. The lowest BCUT2D eigenvalue weighted by molar-refractivity contribution is -0.138. The third-order valence-electron chi connectivity index (χ3n) is 4.12. The third-order valence-corrected chi connectivity index (χ3v) is 5.13. The van der Waals surface area contributed by atoms with Crippen molar-refractivity contribution in [1.29, 1.82) is 0 Å². The maximum Gasteiger partial charge on any atom is 0.243 e. The number of nitrogens with one attached hydrogen (secondary N) is 1. The van der Waals surface area contributed by atoms with Crippen LogP contribution >= 0.6 is 11.8 Å². The molecule has 0 unspecified atom stereocenters. The van der Waals surface area contributed by atoms with Crippen molar-refractivity contribution in [2.24, 2.45) is 5.92 Å². The van der Waals surface area contributed by atoms with E-state index in [2.05, 4.69) is 15.5 Å². The normalized spacial score (nSPS) is 20.7. The van der Waals surface area contributed by atoms with E-state index in [0.29, 0.717) is 48.5 Å². The van der Waals surface area contributed by atoms with Gasteiger partial charge in [-0.3, -0.25) is 9.59 Å². The molecule has 2 amide bonds. The van der Waals surface area contributed by atoms with Gasteiger partial charge in [0.05, 0.1) is 5.88 Å². The van der Waals surface area contributed by atoms with E-state index in [9.17, 15) is 9.59 Å². The van der Waals surface area contributed by atoms with E-state index in [0.717, 1.165) is 6.54 Å². The SMILES string of the molecule is Cc1noc(CCCC(=O)N2CSC[C@@H]2C(=O)NCC2CC2)n1. The highest BCUT2D eigenvalue weighted by Crippen LogP contribution is 2.28. The summed E-state index contributed by atoms with van der Waals surface area (Å²) in [5.74, 6) is 3.11. The summed E-state index contributed by atoms with van der Waals surface area (Å²) in [6, 6.07) is -0.322. The first-order valence-corrected chi connectivity index (χ1v) is 9.23. The van der Waals surface area contributed by atoms with Gasteiger partial charge >= 0.3 is 0 Å². The summed E-state index contributed by atoms with van der Waals surface area (Å²) < 4.78 is 5.04.